The van der Waals surface area contributed by atoms with Gasteiger partial charge in [0.2, 0.25) is 5.82 Å². The number of pyridine rings is 1. The average molecular weight is 384 g/mol. The van der Waals surface area contributed by atoms with Crippen LogP contribution in [0.1, 0.15) is 64.2 Å². The molecule has 1 unspecified atom stereocenters. The Balaban J connectivity index is 2.00. The molecule has 1 N–H and O–H groups in total. The number of quaternary nitrogens is 1. The quantitative estimate of drug-likeness (QED) is 0.615. The van der Waals surface area contributed by atoms with E-state index in [4.69, 9.17) is 4.42 Å². The van der Waals surface area contributed by atoms with Crippen LogP contribution in [0.5, 0.6) is 0 Å². The van der Waals surface area contributed by atoms with E-state index in [2.05, 4.69) is 61.2 Å². The zero-order valence-corrected chi connectivity index (χ0v) is 17.5. The number of nitrogens with one attached hydrogen (secondary N) is 1. The number of hydrogen-bond donors (Lipinski definition) is 1. The highest BCUT2D eigenvalue weighted by atomic mass is 16.3. The lowest BCUT2D eigenvalue weighted by Crippen LogP contribution is -3.10. The van der Waals surface area contributed by atoms with Gasteiger partial charge in [0, 0.05) is 23.9 Å². The van der Waals surface area contributed by atoms with Gasteiger partial charge in [-0.25, -0.2) is 4.68 Å². The lowest BCUT2D eigenvalue weighted by atomic mass is 9.97. The zero-order valence-electron chi connectivity index (χ0n) is 17.5. The van der Waals surface area contributed by atoms with Gasteiger partial charge in [-0.1, -0.05) is 26.8 Å². The molecule has 0 aromatic carbocycles. The fourth-order valence-corrected chi connectivity index (χ4v) is 3.61. The molecule has 0 bridgehead atoms. The molecule has 3 aromatic rings. The Morgan fingerprint density at radius 3 is 2.61 bits per heavy atom. The van der Waals surface area contributed by atoms with Crippen molar-refractivity contribution in [3.8, 4) is 0 Å². The van der Waals surface area contributed by atoms with Crippen molar-refractivity contribution in [1.82, 2.24) is 25.2 Å². The summed E-state index contributed by atoms with van der Waals surface area (Å²) in [5, 5.41) is 12.9. The molecule has 3 heterocycles. The molecule has 0 aliphatic rings. The van der Waals surface area contributed by atoms with Gasteiger partial charge in [-0.15, -0.1) is 5.10 Å². The van der Waals surface area contributed by atoms with Gasteiger partial charge in [-0.3, -0.25) is 4.98 Å². The molecule has 3 rings (SSSR count). The van der Waals surface area contributed by atoms with Gasteiger partial charge in [0.15, 0.2) is 11.8 Å². The van der Waals surface area contributed by atoms with Gasteiger partial charge in [0.1, 0.15) is 13.1 Å². The Morgan fingerprint density at radius 1 is 1.18 bits per heavy atom. The largest absolute Gasteiger partial charge is 0.463 e. The number of nitrogens with zero attached hydrogens (tertiary/aromatic N) is 5. The van der Waals surface area contributed by atoms with Crippen LogP contribution in [-0.2, 0) is 18.6 Å². The Morgan fingerprint density at radius 2 is 2.00 bits per heavy atom. The van der Waals surface area contributed by atoms with Gasteiger partial charge in [-0.05, 0) is 48.9 Å². The summed E-state index contributed by atoms with van der Waals surface area (Å²) in [4.78, 5) is 5.62. The van der Waals surface area contributed by atoms with Gasteiger partial charge < -0.3 is 9.32 Å². The van der Waals surface area contributed by atoms with Gasteiger partial charge in [0.25, 0.3) is 0 Å². The second kappa shape index (κ2) is 8.65. The predicted molar refractivity (Wildman–Crippen MR) is 106 cm³/mol. The summed E-state index contributed by atoms with van der Waals surface area (Å²) < 4.78 is 7.68. The first-order valence-electron chi connectivity index (χ1n) is 9.97. The lowest BCUT2D eigenvalue weighted by molar-refractivity contribution is -0.963. The Labute approximate surface area is 166 Å². The minimum Gasteiger partial charge on any atom is -0.463 e. The molecular formula is C21H31N6O+. The van der Waals surface area contributed by atoms with Crippen molar-refractivity contribution < 1.29 is 9.32 Å². The summed E-state index contributed by atoms with van der Waals surface area (Å²) in [7, 11) is 0. The topological polar surface area (TPSA) is 74.1 Å². The normalized spacial score (nSPS) is 14.4. The minimum absolute atomic E-state index is 0.117. The van der Waals surface area contributed by atoms with E-state index < -0.39 is 0 Å². The van der Waals surface area contributed by atoms with Crippen LogP contribution in [0.25, 0.3) is 0 Å². The maximum absolute atomic E-state index is 5.67. The smallest absolute Gasteiger partial charge is 0.210 e. The third kappa shape index (κ3) is 4.47. The molecular weight excluding hydrogens is 352 g/mol. The van der Waals surface area contributed by atoms with E-state index in [1.165, 1.54) is 10.5 Å². The van der Waals surface area contributed by atoms with E-state index >= 15 is 0 Å². The Hall–Kier alpha value is -2.54. The average Bonchev–Trinajstić information content (AvgIpc) is 3.35. The van der Waals surface area contributed by atoms with Crippen molar-refractivity contribution in [2.45, 2.75) is 65.7 Å². The summed E-state index contributed by atoms with van der Waals surface area (Å²) in [6, 6.07) is 8.18. The molecule has 0 amide bonds. The van der Waals surface area contributed by atoms with Crippen molar-refractivity contribution in [3.05, 3.63) is 60.1 Å². The highest BCUT2D eigenvalue weighted by Gasteiger charge is 2.36. The van der Waals surface area contributed by atoms with E-state index in [-0.39, 0.29) is 11.6 Å². The SMILES string of the molecule is CCC(C)(C)n1nnnc1[C@H](C(C)C)[NH+](Cc1cccnc1)Cc1ccco1. The monoisotopic (exact) mass is 383 g/mol. The summed E-state index contributed by atoms with van der Waals surface area (Å²) in [6.07, 6.45) is 6.41. The highest BCUT2D eigenvalue weighted by molar-refractivity contribution is 5.07. The first-order chi connectivity index (χ1) is 13.4. The van der Waals surface area contributed by atoms with Crippen molar-refractivity contribution in [1.29, 1.82) is 0 Å². The van der Waals surface area contributed by atoms with Crippen LogP contribution in [0.4, 0.5) is 0 Å². The lowest BCUT2D eigenvalue weighted by Gasteiger charge is -2.32. The van der Waals surface area contributed by atoms with Crippen molar-refractivity contribution in [2.75, 3.05) is 0 Å². The number of tetrazole rings is 1. The number of rotatable bonds is 9. The minimum atomic E-state index is -0.143. The van der Waals surface area contributed by atoms with E-state index in [0.717, 1.165) is 31.1 Å². The van der Waals surface area contributed by atoms with Gasteiger partial charge >= 0.3 is 0 Å². The second-order valence-electron chi connectivity index (χ2n) is 8.29. The van der Waals surface area contributed by atoms with Crippen LogP contribution < -0.4 is 4.90 Å². The summed E-state index contributed by atoms with van der Waals surface area (Å²) >= 11 is 0. The Kier molecular flexibility index (Phi) is 6.24. The maximum atomic E-state index is 5.67. The molecule has 2 atom stereocenters. The maximum Gasteiger partial charge on any atom is 0.210 e. The van der Waals surface area contributed by atoms with Crippen LogP contribution in [0.15, 0.2) is 47.3 Å². The van der Waals surface area contributed by atoms with Crippen LogP contribution in [0.2, 0.25) is 0 Å². The molecule has 3 aromatic heterocycles. The number of aromatic nitrogens is 5. The summed E-state index contributed by atoms with van der Waals surface area (Å²) in [6.45, 7) is 12.6. The van der Waals surface area contributed by atoms with Crippen molar-refractivity contribution in [2.24, 2.45) is 5.92 Å². The van der Waals surface area contributed by atoms with Crippen molar-refractivity contribution in [3.63, 3.8) is 0 Å². The van der Waals surface area contributed by atoms with E-state index in [0.29, 0.717) is 5.92 Å². The molecule has 0 spiro atoms. The second-order valence-corrected chi connectivity index (χ2v) is 8.29. The molecule has 28 heavy (non-hydrogen) atoms. The van der Waals surface area contributed by atoms with E-state index in [9.17, 15) is 0 Å². The standard InChI is InChI=1S/C21H30N6O/c1-6-21(4,5)27-20(23-24-25-27)19(16(2)3)26(15-18-10-8-12-28-18)14-17-9-7-11-22-13-17/h7-13,16,19H,6,14-15H2,1-5H3/p+1/t19-/m0/s1. The van der Waals surface area contributed by atoms with Crippen LogP contribution >= 0.6 is 0 Å². The predicted octanol–water partition coefficient (Wildman–Crippen LogP) is 2.79. The molecule has 0 saturated carbocycles. The zero-order chi connectivity index (χ0) is 20.1. The molecule has 7 nitrogen and oxygen atoms in total. The molecule has 0 aliphatic heterocycles. The van der Waals surface area contributed by atoms with Gasteiger partial charge in [0.05, 0.1) is 11.8 Å². The highest BCUT2D eigenvalue weighted by Crippen LogP contribution is 2.25. The number of furan rings is 1. The summed E-state index contributed by atoms with van der Waals surface area (Å²) in [5.74, 6) is 2.23. The van der Waals surface area contributed by atoms with Crippen molar-refractivity contribution >= 4 is 0 Å². The molecule has 0 fully saturated rings. The Bertz CT molecular complexity index is 841. The van der Waals surface area contributed by atoms with Gasteiger partial charge in [-0.2, -0.15) is 0 Å². The molecule has 0 aliphatic carbocycles. The fourth-order valence-electron chi connectivity index (χ4n) is 3.61. The third-order valence-corrected chi connectivity index (χ3v) is 5.45. The van der Waals surface area contributed by atoms with Crippen LogP contribution in [0, 0.1) is 5.92 Å². The summed E-state index contributed by atoms with van der Waals surface area (Å²) in [5.41, 5.74) is 1.04. The molecule has 0 saturated heterocycles. The van der Waals surface area contributed by atoms with E-state index in [1.807, 2.05) is 29.1 Å². The fraction of sp³-hybridized carbons (Fsp3) is 0.524. The molecule has 0 radical (unpaired) electrons. The van der Waals surface area contributed by atoms with Crippen LogP contribution in [-0.4, -0.2) is 25.2 Å². The first-order valence-corrected chi connectivity index (χ1v) is 9.97. The number of hydrogen-bond acceptors (Lipinski definition) is 5. The van der Waals surface area contributed by atoms with Crippen LogP contribution in [0.3, 0.4) is 0 Å². The molecule has 7 heteroatoms. The molecule has 150 valence electrons. The third-order valence-electron chi connectivity index (χ3n) is 5.45. The van der Waals surface area contributed by atoms with E-state index in [1.54, 1.807) is 12.5 Å². The first kappa shape index (κ1) is 20.2.